The Morgan fingerprint density at radius 2 is 1.69 bits per heavy atom. The fraction of sp³-hybridized carbons (Fsp3) is 0.273. The molecule has 0 unspecified atom stereocenters. The van der Waals surface area contributed by atoms with Gasteiger partial charge in [-0.25, -0.2) is 4.79 Å². The number of amides is 3. The van der Waals surface area contributed by atoms with Crippen LogP contribution in [0, 0.1) is 6.92 Å². The van der Waals surface area contributed by atoms with Crippen molar-refractivity contribution in [2.45, 2.75) is 33.1 Å². The normalized spacial score (nSPS) is 13.5. The van der Waals surface area contributed by atoms with Gasteiger partial charge in [0.1, 0.15) is 0 Å². The van der Waals surface area contributed by atoms with Crippen LogP contribution in [0.5, 0.6) is 0 Å². The van der Waals surface area contributed by atoms with E-state index < -0.39 is 18.5 Å². The quantitative estimate of drug-likeness (QED) is 0.601. The van der Waals surface area contributed by atoms with E-state index in [9.17, 15) is 19.2 Å². The lowest BCUT2D eigenvalue weighted by Gasteiger charge is -2.14. The predicted octanol–water partition coefficient (Wildman–Crippen LogP) is 3.01. The molecule has 1 N–H and O–H groups in total. The number of aryl methyl sites for hydroxylation is 2. The molecule has 3 rings (SSSR count). The number of para-hydroxylation sites is 1. The second-order valence-corrected chi connectivity index (χ2v) is 6.76. The highest BCUT2D eigenvalue weighted by Gasteiger charge is 2.30. The number of hydrogen-bond donors (Lipinski definition) is 1. The number of rotatable bonds is 6. The Hall–Kier alpha value is -3.48. The van der Waals surface area contributed by atoms with Crippen molar-refractivity contribution in [1.82, 2.24) is 0 Å². The van der Waals surface area contributed by atoms with E-state index >= 15 is 0 Å². The van der Waals surface area contributed by atoms with E-state index in [0.717, 1.165) is 28.1 Å². The molecule has 29 heavy (non-hydrogen) atoms. The van der Waals surface area contributed by atoms with E-state index in [4.69, 9.17) is 4.74 Å². The molecule has 1 fully saturated rings. The molecule has 0 radical (unpaired) electrons. The molecule has 1 saturated heterocycles. The minimum atomic E-state index is -0.661. The van der Waals surface area contributed by atoms with Crippen LogP contribution in [0.4, 0.5) is 11.4 Å². The van der Waals surface area contributed by atoms with Gasteiger partial charge in [-0.2, -0.15) is 0 Å². The Balaban J connectivity index is 1.59. The van der Waals surface area contributed by atoms with Crippen molar-refractivity contribution >= 4 is 35.1 Å². The van der Waals surface area contributed by atoms with Crippen LogP contribution in [0.15, 0.2) is 42.5 Å². The summed E-state index contributed by atoms with van der Waals surface area (Å²) in [5.41, 5.74) is 3.32. The average Bonchev–Trinajstić information content (AvgIpc) is 3.06. The molecule has 1 aliphatic rings. The molecule has 0 atom stereocenters. The summed E-state index contributed by atoms with van der Waals surface area (Å²) in [6.07, 6.45) is 1.15. The molecular formula is C22H22N2O5. The number of nitrogens with zero attached hydrogens (tertiary/aromatic N) is 1. The van der Waals surface area contributed by atoms with Crippen molar-refractivity contribution in [3.8, 4) is 0 Å². The molecule has 2 aromatic rings. The van der Waals surface area contributed by atoms with Gasteiger partial charge in [-0.05, 0) is 48.7 Å². The van der Waals surface area contributed by atoms with E-state index in [1.165, 1.54) is 24.3 Å². The van der Waals surface area contributed by atoms with Crippen LogP contribution < -0.4 is 10.2 Å². The van der Waals surface area contributed by atoms with Gasteiger partial charge in [0.2, 0.25) is 11.8 Å². The molecule has 0 aromatic heterocycles. The van der Waals surface area contributed by atoms with Gasteiger partial charge < -0.3 is 10.1 Å². The Bertz CT molecular complexity index is 950. The zero-order valence-corrected chi connectivity index (χ0v) is 16.4. The number of nitrogens with one attached hydrogen (secondary N) is 1. The number of ether oxygens (including phenoxy) is 1. The molecule has 2 aromatic carbocycles. The zero-order chi connectivity index (χ0) is 21.0. The van der Waals surface area contributed by atoms with Crippen LogP contribution in [0.25, 0.3) is 0 Å². The average molecular weight is 394 g/mol. The Morgan fingerprint density at radius 3 is 2.31 bits per heavy atom. The number of carbonyl (C=O) groups is 4. The first kappa shape index (κ1) is 20.3. The molecule has 0 aliphatic carbocycles. The standard InChI is InChI=1S/C22H22N2O5/c1-3-15-6-4-5-14(2)21(15)23-18(25)13-29-22(28)16-7-9-17(10-8-16)24-19(26)11-12-20(24)27/h4-10H,3,11-13H2,1-2H3,(H,23,25). The van der Waals surface area contributed by atoms with Crippen molar-refractivity contribution in [2.75, 3.05) is 16.8 Å². The minimum absolute atomic E-state index is 0.193. The maximum Gasteiger partial charge on any atom is 0.338 e. The smallest absolute Gasteiger partial charge is 0.338 e. The monoisotopic (exact) mass is 394 g/mol. The highest BCUT2D eigenvalue weighted by Crippen LogP contribution is 2.23. The van der Waals surface area contributed by atoms with Crippen LogP contribution in [0.3, 0.4) is 0 Å². The van der Waals surface area contributed by atoms with Crippen molar-refractivity contribution in [3.63, 3.8) is 0 Å². The molecule has 7 nitrogen and oxygen atoms in total. The van der Waals surface area contributed by atoms with Gasteiger partial charge in [0.15, 0.2) is 6.61 Å². The van der Waals surface area contributed by atoms with E-state index in [1.807, 2.05) is 32.0 Å². The number of esters is 1. The third-order valence-corrected chi connectivity index (χ3v) is 4.75. The van der Waals surface area contributed by atoms with Crippen LogP contribution in [-0.4, -0.2) is 30.3 Å². The van der Waals surface area contributed by atoms with Crippen LogP contribution in [0.2, 0.25) is 0 Å². The summed E-state index contributed by atoms with van der Waals surface area (Å²) in [6.45, 7) is 3.48. The van der Waals surface area contributed by atoms with Gasteiger partial charge in [0.05, 0.1) is 11.3 Å². The summed E-state index contributed by atoms with van der Waals surface area (Å²) >= 11 is 0. The molecular weight excluding hydrogens is 372 g/mol. The summed E-state index contributed by atoms with van der Waals surface area (Å²) in [5.74, 6) is -1.60. The van der Waals surface area contributed by atoms with Crippen molar-refractivity contribution in [3.05, 3.63) is 59.2 Å². The summed E-state index contributed by atoms with van der Waals surface area (Å²) in [6, 6.07) is 11.7. The van der Waals surface area contributed by atoms with E-state index in [-0.39, 0.29) is 30.2 Å². The SMILES string of the molecule is CCc1cccc(C)c1NC(=O)COC(=O)c1ccc(N2C(=O)CCC2=O)cc1. The number of benzene rings is 2. The lowest BCUT2D eigenvalue weighted by Crippen LogP contribution is -2.28. The molecule has 150 valence electrons. The number of hydrogen-bond acceptors (Lipinski definition) is 5. The van der Waals surface area contributed by atoms with Gasteiger partial charge in [-0.1, -0.05) is 25.1 Å². The number of imide groups is 1. The van der Waals surface area contributed by atoms with Crippen LogP contribution in [0.1, 0.15) is 41.3 Å². The fourth-order valence-corrected chi connectivity index (χ4v) is 3.20. The first-order valence-electron chi connectivity index (χ1n) is 9.42. The maximum atomic E-state index is 12.2. The molecule has 0 spiro atoms. The second kappa shape index (κ2) is 8.68. The molecule has 1 heterocycles. The van der Waals surface area contributed by atoms with Gasteiger partial charge in [0, 0.05) is 18.5 Å². The lowest BCUT2D eigenvalue weighted by atomic mass is 10.1. The number of anilines is 2. The Labute approximate surface area is 168 Å². The van der Waals surface area contributed by atoms with E-state index in [0.29, 0.717) is 5.69 Å². The Morgan fingerprint density at radius 1 is 1.03 bits per heavy atom. The van der Waals surface area contributed by atoms with Crippen molar-refractivity contribution < 1.29 is 23.9 Å². The van der Waals surface area contributed by atoms with Crippen LogP contribution >= 0.6 is 0 Å². The molecule has 1 aliphatic heterocycles. The van der Waals surface area contributed by atoms with Gasteiger partial charge in [0.25, 0.3) is 5.91 Å². The van der Waals surface area contributed by atoms with Crippen molar-refractivity contribution in [1.29, 1.82) is 0 Å². The third-order valence-electron chi connectivity index (χ3n) is 4.75. The lowest BCUT2D eigenvalue weighted by molar-refractivity contribution is -0.121. The molecule has 7 heteroatoms. The third kappa shape index (κ3) is 4.51. The largest absolute Gasteiger partial charge is 0.452 e. The topological polar surface area (TPSA) is 92.8 Å². The zero-order valence-electron chi connectivity index (χ0n) is 16.4. The molecule has 0 saturated carbocycles. The number of carbonyl (C=O) groups excluding carboxylic acids is 4. The van der Waals surface area contributed by atoms with Crippen molar-refractivity contribution in [2.24, 2.45) is 0 Å². The first-order valence-corrected chi connectivity index (χ1v) is 9.42. The minimum Gasteiger partial charge on any atom is -0.452 e. The predicted molar refractivity (Wildman–Crippen MR) is 108 cm³/mol. The highest BCUT2D eigenvalue weighted by atomic mass is 16.5. The van der Waals surface area contributed by atoms with Gasteiger partial charge in [-0.15, -0.1) is 0 Å². The van der Waals surface area contributed by atoms with E-state index in [2.05, 4.69) is 5.32 Å². The summed E-state index contributed by atoms with van der Waals surface area (Å²) in [5, 5.41) is 2.79. The van der Waals surface area contributed by atoms with E-state index in [1.54, 1.807) is 0 Å². The van der Waals surface area contributed by atoms with Crippen LogP contribution in [-0.2, 0) is 25.5 Å². The molecule has 3 amide bonds. The summed E-state index contributed by atoms with van der Waals surface area (Å²) in [7, 11) is 0. The molecule has 0 bridgehead atoms. The fourth-order valence-electron chi connectivity index (χ4n) is 3.20. The second-order valence-electron chi connectivity index (χ2n) is 6.76. The Kier molecular flexibility index (Phi) is 6.07. The first-order chi connectivity index (χ1) is 13.9. The highest BCUT2D eigenvalue weighted by molar-refractivity contribution is 6.19. The van der Waals surface area contributed by atoms with Gasteiger partial charge in [-0.3, -0.25) is 19.3 Å². The summed E-state index contributed by atoms with van der Waals surface area (Å²) in [4.78, 5) is 49.0. The summed E-state index contributed by atoms with van der Waals surface area (Å²) < 4.78 is 5.08. The maximum absolute atomic E-state index is 12.2. The van der Waals surface area contributed by atoms with Gasteiger partial charge >= 0.3 is 5.97 Å².